The van der Waals surface area contributed by atoms with Crippen LogP contribution in [0, 0.1) is 0 Å². The topological polar surface area (TPSA) is 20.2 Å². The Morgan fingerprint density at radius 2 is 1.90 bits per heavy atom. The maximum Gasteiger partial charge on any atom is 0.0810 e. The zero-order valence-electron chi connectivity index (χ0n) is 11.7. The molecule has 1 aliphatic rings. The average Bonchev–Trinajstić information content (AvgIpc) is 2.50. The molecule has 0 heterocycles. The van der Waals surface area contributed by atoms with Crippen LogP contribution in [0.2, 0.25) is 10.0 Å². The lowest BCUT2D eigenvalue weighted by Crippen LogP contribution is -2.13. The van der Waals surface area contributed by atoms with Crippen molar-refractivity contribution in [2.24, 2.45) is 0 Å². The first-order valence-electron chi connectivity index (χ1n) is 7.36. The Bertz CT molecular complexity index is 639. The molecule has 0 saturated carbocycles. The van der Waals surface area contributed by atoms with Crippen LogP contribution in [0.15, 0.2) is 42.5 Å². The zero-order chi connectivity index (χ0) is 14.8. The van der Waals surface area contributed by atoms with E-state index in [0.717, 1.165) is 18.4 Å². The first kappa shape index (κ1) is 14.9. The fourth-order valence-corrected chi connectivity index (χ4v) is 3.71. The maximum absolute atomic E-state index is 10.6. The fourth-order valence-electron chi connectivity index (χ4n) is 3.27. The lowest BCUT2D eigenvalue weighted by Gasteiger charge is -2.27. The minimum Gasteiger partial charge on any atom is -0.388 e. The van der Waals surface area contributed by atoms with Crippen LogP contribution in [0.5, 0.6) is 0 Å². The van der Waals surface area contributed by atoms with Gasteiger partial charge in [-0.1, -0.05) is 59.6 Å². The van der Waals surface area contributed by atoms with Gasteiger partial charge in [-0.2, -0.15) is 0 Å². The number of benzene rings is 2. The lowest BCUT2D eigenvalue weighted by atomic mass is 9.79. The highest BCUT2D eigenvalue weighted by Crippen LogP contribution is 2.39. The number of hydrogen-bond acceptors (Lipinski definition) is 1. The molecule has 0 saturated heterocycles. The Kier molecular flexibility index (Phi) is 4.54. The van der Waals surface area contributed by atoms with E-state index in [1.807, 2.05) is 12.1 Å². The van der Waals surface area contributed by atoms with E-state index in [1.54, 1.807) is 6.07 Å². The molecule has 2 aromatic carbocycles. The molecule has 0 radical (unpaired) electrons. The number of aryl methyl sites for hydroxylation is 1. The van der Waals surface area contributed by atoms with E-state index in [2.05, 4.69) is 24.3 Å². The van der Waals surface area contributed by atoms with Crippen molar-refractivity contribution in [2.45, 2.75) is 37.7 Å². The minimum absolute atomic E-state index is 0.389. The summed E-state index contributed by atoms with van der Waals surface area (Å²) in [4.78, 5) is 0. The van der Waals surface area contributed by atoms with Crippen molar-refractivity contribution in [2.75, 3.05) is 0 Å². The monoisotopic (exact) mass is 320 g/mol. The molecule has 0 spiro atoms. The molecule has 0 fully saturated rings. The van der Waals surface area contributed by atoms with E-state index >= 15 is 0 Å². The van der Waals surface area contributed by atoms with Crippen LogP contribution < -0.4 is 0 Å². The summed E-state index contributed by atoms with van der Waals surface area (Å²) in [6, 6.07) is 14.0. The second kappa shape index (κ2) is 6.39. The van der Waals surface area contributed by atoms with E-state index in [1.165, 1.54) is 17.5 Å². The molecule has 0 amide bonds. The summed E-state index contributed by atoms with van der Waals surface area (Å²) in [6.45, 7) is 0. The average molecular weight is 321 g/mol. The zero-order valence-corrected chi connectivity index (χ0v) is 13.2. The molecule has 2 unspecified atom stereocenters. The van der Waals surface area contributed by atoms with E-state index in [0.29, 0.717) is 22.4 Å². The van der Waals surface area contributed by atoms with Crippen LogP contribution in [0.25, 0.3) is 0 Å². The standard InChI is InChI=1S/C18H18Cl2O/c19-16-10-4-9-15(18(16)20)17(21)11-13-7-3-6-12-5-1-2-8-14(12)13/h1-2,4-5,8-10,13,17,21H,3,6-7,11H2. The maximum atomic E-state index is 10.6. The molecule has 1 aliphatic carbocycles. The van der Waals surface area contributed by atoms with Gasteiger partial charge < -0.3 is 5.11 Å². The molecular formula is C18H18Cl2O. The van der Waals surface area contributed by atoms with Gasteiger partial charge in [-0.15, -0.1) is 0 Å². The molecule has 0 aliphatic heterocycles. The fraction of sp³-hybridized carbons (Fsp3) is 0.333. The molecule has 1 N–H and O–H groups in total. The third-order valence-corrected chi connectivity index (χ3v) is 5.18. The molecular weight excluding hydrogens is 303 g/mol. The summed E-state index contributed by atoms with van der Waals surface area (Å²) in [5, 5.41) is 11.5. The molecule has 3 heteroatoms. The summed E-state index contributed by atoms with van der Waals surface area (Å²) < 4.78 is 0. The normalized spacial score (nSPS) is 19.1. The predicted molar refractivity (Wildman–Crippen MR) is 88.2 cm³/mol. The molecule has 2 atom stereocenters. The quantitative estimate of drug-likeness (QED) is 0.787. The van der Waals surface area contributed by atoms with Crippen molar-refractivity contribution < 1.29 is 5.11 Å². The summed E-state index contributed by atoms with van der Waals surface area (Å²) in [7, 11) is 0. The van der Waals surface area contributed by atoms with E-state index in [9.17, 15) is 5.11 Å². The number of rotatable bonds is 3. The Labute approximate surface area is 135 Å². The van der Waals surface area contributed by atoms with Crippen molar-refractivity contribution in [3.63, 3.8) is 0 Å². The third kappa shape index (κ3) is 3.11. The van der Waals surface area contributed by atoms with Crippen LogP contribution in [0.3, 0.4) is 0 Å². The highest BCUT2D eigenvalue weighted by molar-refractivity contribution is 6.42. The van der Waals surface area contributed by atoms with Crippen LogP contribution in [-0.4, -0.2) is 5.11 Å². The lowest BCUT2D eigenvalue weighted by molar-refractivity contribution is 0.154. The van der Waals surface area contributed by atoms with Crippen molar-refractivity contribution >= 4 is 23.2 Å². The van der Waals surface area contributed by atoms with E-state index < -0.39 is 6.10 Å². The second-order valence-electron chi connectivity index (χ2n) is 5.68. The van der Waals surface area contributed by atoms with Gasteiger partial charge >= 0.3 is 0 Å². The SMILES string of the molecule is OC(CC1CCCc2ccccc21)c1cccc(Cl)c1Cl. The summed E-state index contributed by atoms with van der Waals surface area (Å²) in [5.74, 6) is 0.389. The van der Waals surface area contributed by atoms with Gasteiger partial charge in [0.15, 0.2) is 0 Å². The van der Waals surface area contributed by atoms with Crippen molar-refractivity contribution in [3.05, 3.63) is 69.2 Å². The van der Waals surface area contributed by atoms with Crippen LogP contribution in [0.4, 0.5) is 0 Å². The number of fused-ring (bicyclic) bond motifs is 1. The molecule has 2 aromatic rings. The number of halogens is 2. The molecule has 3 rings (SSSR count). The van der Waals surface area contributed by atoms with Gasteiger partial charge in [0.2, 0.25) is 0 Å². The first-order chi connectivity index (χ1) is 10.2. The Morgan fingerprint density at radius 3 is 2.76 bits per heavy atom. The van der Waals surface area contributed by atoms with Crippen molar-refractivity contribution in [1.82, 2.24) is 0 Å². The number of aliphatic hydroxyl groups is 1. The highest BCUT2D eigenvalue weighted by atomic mass is 35.5. The smallest absolute Gasteiger partial charge is 0.0810 e. The third-order valence-electron chi connectivity index (χ3n) is 4.34. The number of hydrogen-bond donors (Lipinski definition) is 1. The Hall–Kier alpha value is -1.02. The summed E-state index contributed by atoms with van der Waals surface area (Å²) in [6.07, 6.45) is 3.55. The van der Waals surface area contributed by atoms with Crippen LogP contribution in [0.1, 0.15) is 48.0 Å². The molecule has 110 valence electrons. The Morgan fingerprint density at radius 1 is 1.10 bits per heavy atom. The molecule has 21 heavy (non-hydrogen) atoms. The van der Waals surface area contributed by atoms with Gasteiger partial charge in [0.1, 0.15) is 0 Å². The van der Waals surface area contributed by atoms with Gasteiger partial charge in [-0.05, 0) is 48.8 Å². The Balaban J connectivity index is 1.83. The van der Waals surface area contributed by atoms with Crippen LogP contribution in [-0.2, 0) is 6.42 Å². The van der Waals surface area contributed by atoms with Gasteiger partial charge in [0.25, 0.3) is 0 Å². The minimum atomic E-state index is -0.577. The van der Waals surface area contributed by atoms with E-state index in [4.69, 9.17) is 23.2 Å². The van der Waals surface area contributed by atoms with Crippen LogP contribution >= 0.6 is 23.2 Å². The summed E-state index contributed by atoms with van der Waals surface area (Å²) >= 11 is 12.3. The van der Waals surface area contributed by atoms with E-state index in [-0.39, 0.29) is 0 Å². The predicted octanol–water partition coefficient (Wildman–Crippen LogP) is 5.54. The molecule has 0 bridgehead atoms. The first-order valence-corrected chi connectivity index (χ1v) is 8.12. The second-order valence-corrected chi connectivity index (χ2v) is 6.47. The van der Waals surface area contributed by atoms with Gasteiger partial charge in [0, 0.05) is 5.56 Å². The van der Waals surface area contributed by atoms with Gasteiger partial charge in [0.05, 0.1) is 16.1 Å². The van der Waals surface area contributed by atoms with Gasteiger partial charge in [-0.3, -0.25) is 0 Å². The largest absolute Gasteiger partial charge is 0.388 e. The van der Waals surface area contributed by atoms with Crippen molar-refractivity contribution in [3.8, 4) is 0 Å². The van der Waals surface area contributed by atoms with Crippen molar-refractivity contribution in [1.29, 1.82) is 0 Å². The highest BCUT2D eigenvalue weighted by Gasteiger charge is 2.24. The summed E-state index contributed by atoms with van der Waals surface area (Å²) in [5.41, 5.74) is 3.52. The molecule has 0 aromatic heterocycles. The molecule has 1 nitrogen and oxygen atoms in total. The number of aliphatic hydroxyl groups excluding tert-OH is 1. The van der Waals surface area contributed by atoms with Gasteiger partial charge in [-0.25, -0.2) is 0 Å².